The summed E-state index contributed by atoms with van der Waals surface area (Å²) in [7, 11) is 0. The Balaban J connectivity index is 2.30. The van der Waals surface area contributed by atoms with Gasteiger partial charge in [-0.1, -0.05) is 13.8 Å². The smallest absolute Gasteiger partial charge is 0.183 e. The minimum atomic E-state index is 0.386. The summed E-state index contributed by atoms with van der Waals surface area (Å²) in [6.45, 7) is 6.16. The minimum Gasteiger partial charge on any atom is -0.348 e. The first-order valence-corrected chi connectivity index (χ1v) is 6.51. The second kappa shape index (κ2) is 5.78. The Labute approximate surface area is 108 Å². The summed E-state index contributed by atoms with van der Waals surface area (Å²) in [5.74, 6) is 0.729. The molecule has 1 fully saturated rings. The first-order chi connectivity index (χ1) is 8.80. The van der Waals surface area contributed by atoms with Gasteiger partial charge in [-0.15, -0.1) is 0 Å². The van der Waals surface area contributed by atoms with Crippen LogP contribution in [0.15, 0.2) is 12.4 Å². The molecule has 0 amide bonds. The van der Waals surface area contributed by atoms with Crippen molar-refractivity contribution in [3.05, 3.63) is 18.1 Å². The third-order valence-electron chi connectivity index (χ3n) is 3.52. The molecule has 0 aliphatic carbocycles. The number of anilines is 1. The van der Waals surface area contributed by atoms with Crippen molar-refractivity contribution in [3.8, 4) is 6.07 Å². The molecule has 2 atom stereocenters. The van der Waals surface area contributed by atoms with E-state index < -0.39 is 0 Å². The molecule has 0 aromatic carbocycles. The lowest BCUT2D eigenvalue weighted by Crippen LogP contribution is -2.56. The van der Waals surface area contributed by atoms with E-state index in [0.29, 0.717) is 17.8 Å². The summed E-state index contributed by atoms with van der Waals surface area (Å²) in [6.07, 6.45) is 5.34. The Bertz CT molecular complexity index is 439. The van der Waals surface area contributed by atoms with Crippen LogP contribution in [-0.4, -0.2) is 35.1 Å². The Morgan fingerprint density at radius 2 is 2.17 bits per heavy atom. The molecule has 1 aliphatic heterocycles. The van der Waals surface area contributed by atoms with Gasteiger partial charge in [-0.25, -0.2) is 9.97 Å². The summed E-state index contributed by atoms with van der Waals surface area (Å²) in [6, 6.07) is 2.98. The number of nitrogens with zero attached hydrogens (tertiary/aromatic N) is 4. The Morgan fingerprint density at radius 1 is 1.39 bits per heavy atom. The maximum atomic E-state index is 9.14. The van der Waals surface area contributed by atoms with Crippen LogP contribution in [0, 0.1) is 11.3 Å². The van der Waals surface area contributed by atoms with Gasteiger partial charge in [-0.2, -0.15) is 5.26 Å². The fourth-order valence-corrected chi connectivity index (χ4v) is 2.38. The van der Waals surface area contributed by atoms with E-state index in [-0.39, 0.29) is 0 Å². The van der Waals surface area contributed by atoms with E-state index in [1.165, 1.54) is 0 Å². The number of piperazine rings is 1. The van der Waals surface area contributed by atoms with E-state index in [1.54, 1.807) is 12.4 Å². The average Bonchev–Trinajstić information content (AvgIpc) is 2.46. The number of nitriles is 1. The van der Waals surface area contributed by atoms with Gasteiger partial charge in [0.1, 0.15) is 6.07 Å². The summed E-state index contributed by atoms with van der Waals surface area (Å²) < 4.78 is 0. The lowest BCUT2D eigenvalue weighted by Gasteiger charge is -2.40. The highest BCUT2D eigenvalue weighted by Gasteiger charge is 2.28. The monoisotopic (exact) mass is 245 g/mol. The van der Waals surface area contributed by atoms with Crippen molar-refractivity contribution < 1.29 is 0 Å². The fourth-order valence-electron chi connectivity index (χ4n) is 2.38. The molecule has 1 N–H and O–H groups in total. The molecule has 2 heterocycles. The topological polar surface area (TPSA) is 64.8 Å². The van der Waals surface area contributed by atoms with Gasteiger partial charge < -0.3 is 10.2 Å². The minimum absolute atomic E-state index is 0.386. The molecule has 0 bridgehead atoms. The van der Waals surface area contributed by atoms with Crippen LogP contribution in [0.25, 0.3) is 0 Å². The van der Waals surface area contributed by atoms with E-state index in [2.05, 4.69) is 40.1 Å². The van der Waals surface area contributed by atoms with E-state index >= 15 is 0 Å². The highest BCUT2D eigenvalue weighted by Crippen LogP contribution is 2.21. The van der Waals surface area contributed by atoms with Crippen molar-refractivity contribution in [2.75, 3.05) is 18.0 Å². The molecule has 1 aliphatic rings. The average molecular weight is 245 g/mol. The molecule has 0 radical (unpaired) electrons. The summed E-state index contributed by atoms with van der Waals surface area (Å²) in [5.41, 5.74) is 0.424. The normalized spacial score (nSPS) is 23.7. The zero-order valence-corrected chi connectivity index (χ0v) is 10.9. The van der Waals surface area contributed by atoms with Crippen LogP contribution >= 0.6 is 0 Å². The number of hydrogen-bond donors (Lipinski definition) is 1. The van der Waals surface area contributed by atoms with Gasteiger partial charge >= 0.3 is 0 Å². The van der Waals surface area contributed by atoms with Gasteiger partial charge in [0.25, 0.3) is 0 Å². The predicted octanol–water partition coefficient (Wildman–Crippen LogP) is 1.32. The molecule has 1 saturated heterocycles. The first-order valence-electron chi connectivity index (χ1n) is 6.51. The molecular weight excluding hydrogens is 226 g/mol. The summed E-state index contributed by atoms with van der Waals surface area (Å²) in [4.78, 5) is 10.7. The van der Waals surface area contributed by atoms with Gasteiger partial charge in [-0.3, -0.25) is 0 Å². The molecule has 1 aromatic rings. The quantitative estimate of drug-likeness (QED) is 0.870. The second-order valence-electron chi connectivity index (χ2n) is 4.57. The molecule has 5 heteroatoms. The number of aromatic nitrogens is 2. The van der Waals surface area contributed by atoms with Crippen LogP contribution in [0.1, 0.15) is 32.4 Å². The molecule has 1 aromatic heterocycles. The molecule has 0 saturated carbocycles. The standard InChI is InChI=1S/C13H19N5/c1-3-10-9-18(11(4-2)8-17-10)13-12(7-14)15-5-6-16-13/h5-6,10-11,17H,3-4,8-9H2,1-2H3. The van der Waals surface area contributed by atoms with Crippen LogP contribution in [0.4, 0.5) is 5.82 Å². The highest BCUT2D eigenvalue weighted by molar-refractivity contribution is 5.51. The fraction of sp³-hybridized carbons (Fsp3) is 0.615. The Hall–Kier alpha value is -1.67. The van der Waals surface area contributed by atoms with Crippen molar-refractivity contribution in [3.63, 3.8) is 0 Å². The van der Waals surface area contributed by atoms with Gasteiger partial charge in [0, 0.05) is 37.6 Å². The third-order valence-corrected chi connectivity index (χ3v) is 3.52. The number of hydrogen-bond acceptors (Lipinski definition) is 5. The third kappa shape index (κ3) is 2.44. The van der Waals surface area contributed by atoms with Crippen LogP contribution in [-0.2, 0) is 0 Å². The SMILES string of the molecule is CCC1CN(c2nccnc2C#N)C(CC)CN1. The molecular formula is C13H19N5. The summed E-state index contributed by atoms with van der Waals surface area (Å²) in [5, 5.41) is 12.7. The molecule has 5 nitrogen and oxygen atoms in total. The largest absolute Gasteiger partial charge is 0.348 e. The zero-order chi connectivity index (χ0) is 13.0. The molecule has 2 unspecified atom stereocenters. The zero-order valence-electron chi connectivity index (χ0n) is 10.9. The van der Waals surface area contributed by atoms with Gasteiger partial charge in [-0.05, 0) is 12.8 Å². The van der Waals surface area contributed by atoms with Crippen LogP contribution < -0.4 is 10.2 Å². The predicted molar refractivity (Wildman–Crippen MR) is 70.3 cm³/mol. The maximum Gasteiger partial charge on any atom is 0.183 e. The van der Waals surface area contributed by atoms with E-state index in [4.69, 9.17) is 5.26 Å². The lowest BCUT2D eigenvalue weighted by atomic mass is 10.0. The van der Waals surface area contributed by atoms with Gasteiger partial charge in [0.05, 0.1) is 0 Å². The van der Waals surface area contributed by atoms with Gasteiger partial charge in [0.2, 0.25) is 0 Å². The molecule has 96 valence electrons. The second-order valence-corrected chi connectivity index (χ2v) is 4.57. The Morgan fingerprint density at radius 3 is 2.83 bits per heavy atom. The highest BCUT2D eigenvalue weighted by atomic mass is 15.3. The Kier molecular flexibility index (Phi) is 4.11. The van der Waals surface area contributed by atoms with Crippen molar-refractivity contribution in [2.45, 2.75) is 38.8 Å². The molecule has 2 rings (SSSR count). The van der Waals surface area contributed by atoms with E-state index in [9.17, 15) is 0 Å². The van der Waals surface area contributed by atoms with Crippen LogP contribution in [0.5, 0.6) is 0 Å². The van der Waals surface area contributed by atoms with Crippen molar-refractivity contribution in [1.29, 1.82) is 5.26 Å². The lowest BCUT2D eigenvalue weighted by molar-refractivity contribution is 0.376. The summed E-state index contributed by atoms with van der Waals surface area (Å²) >= 11 is 0. The van der Waals surface area contributed by atoms with Crippen LogP contribution in [0.3, 0.4) is 0 Å². The van der Waals surface area contributed by atoms with Crippen molar-refractivity contribution in [1.82, 2.24) is 15.3 Å². The molecule has 0 spiro atoms. The van der Waals surface area contributed by atoms with Crippen LogP contribution in [0.2, 0.25) is 0 Å². The maximum absolute atomic E-state index is 9.14. The van der Waals surface area contributed by atoms with Gasteiger partial charge in [0.15, 0.2) is 11.5 Å². The van der Waals surface area contributed by atoms with E-state index in [0.717, 1.165) is 31.7 Å². The molecule has 18 heavy (non-hydrogen) atoms. The number of nitrogens with one attached hydrogen (secondary N) is 1. The van der Waals surface area contributed by atoms with Crippen molar-refractivity contribution in [2.24, 2.45) is 0 Å². The van der Waals surface area contributed by atoms with E-state index in [1.807, 2.05) is 0 Å². The van der Waals surface area contributed by atoms with Crippen molar-refractivity contribution >= 4 is 5.82 Å². The number of rotatable bonds is 3. The first kappa shape index (κ1) is 12.8.